The minimum atomic E-state index is -5.04. The first-order valence-electron chi connectivity index (χ1n) is 7.64. The van der Waals surface area contributed by atoms with Gasteiger partial charge in [-0.1, -0.05) is 0 Å². The number of benzene rings is 1. The molecule has 1 aliphatic heterocycles. The number of hydrogen-bond donors (Lipinski definition) is 1. The molecule has 1 saturated heterocycles. The molecule has 0 radical (unpaired) electrons. The van der Waals surface area contributed by atoms with E-state index in [4.69, 9.17) is 4.74 Å². The number of halogens is 6. The van der Waals surface area contributed by atoms with E-state index in [9.17, 15) is 39.6 Å². The van der Waals surface area contributed by atoms with Crippen molar-refractivity contribution in [1.82, 2.24) is 5.32 Å². The van der Waals surface area contributed by atoms with Crippen LogP contribution >= 0.6 is 0 Å². The maximum atomic E-state index is 12.8. The Bertz CT molecular complexity index is 786. The number of rotatable bonds is 4. The molecular formula is C15H15F6NO4S. The fraction of sp³-hybridized carbons (Fsp3) is 0.533. The van der Waals surface area contributed by atoms with Gasteiger partial charge in [0, 0.05) is 6.04 Å². The van der Waals surface area contributed by atoms with Gasteiger partial charge in [-0.05, 0) is 31.5 Å². The Balaban J connectivity index is 2.16. The molecule has 1 fully saturated rings. The summed E-state index contributed by atoms with van der Waals surface area (Å²) in [5.41, 5.74) is -3.14. The first kappa shape index (κ1) is 21.3. The standard InChI is InChI=1S/C15H15F6NO4S/c1-8(13(23)22-11-2-3-27(24,25)7-11)26-12-5-9(14(16,17)18)4-10(6-12)15(19,20)21/h4-6,8,11H,2-3,7H2,1H3,(H,22,23)/t8-,11-/m0/s1. The third-order valence-corrected chi connectivity index (χ3v) is 5.59. The van der Waals surface area contributed by atoms with Crippen molar-refractivity contribution in [2.45, 2.75) is 37.8 Å². The summed E-state index contributed by atoms with van der Waals surface area (Å²) in [6.07, 6.45) is -11.3. The van der Waals surface area contributed by atoms with Crippen LogP contribution in [0.15, 0.2) is 18.2 Å². The molecule has 0 aliphatic carbocycles. The molecule has 152 valence electrons. The minimum absolute atomic E-state index is 0.0546. The highest BCUT2D eigenvalue weighted by atomic mass is 32.2. The number of carbonyl (C=O) groups excluding carboxylic acids is 1. The molecular weight excluding hydrogens is 404 g/mol. The molecule has 5 nitrogen and oxygen atoms in total. The van der Waals surface area contributed by atoms with Gasteiger partial charge in [-0.25, -0.2) is 8.42 Å². The van der Waals surface area contributed by atoms with E-state index >= 15 is 0 Å². The molecule has 1 heterocycles. The first-order chi connectivity index (χ1) is 12.2. The van der Waals surface area contributed by atoms with Crippen LogP contribution in [-0.2, 0) is 27.0 Å². The average molecular weight is 419 g/mol. The van der Waals surface area contributed by atoms with E-state index in [2.05, 4.69) is 5.32 Å². The van der Waals surface area contributed by atoms with Crippen molar-refractivity contribution in [2.75, 3.05) is 11.5 Å². The smallest absolute Gasteiger partial charge is 0.416 e. The molecule has 0 spiro atoms. The van der Waals surface area contributed by atoms with Gasteiger partial charge in [-0.3, -0.25) is 4.79 Å². The minimum Gasteiger partial charge on any atom is -0.481 e. The SMILES string of the molecule is C[C@H](Oc1cc(C(F)(F)F)cc(C(F)(F)F)c1)C(=O)N[C@H]1CCS(=O)(=O)C1. The molecule has 1 aliphatic rings. The van der Waals surface area contributed by atoms with E-state index in [1.807, 2.05) is 0 Å². The van der Waals surface area contributed by atoms with Gasteiger partial charge in [0.1, 0.15) is 5.75 Å². The zero-order valence-corrected chi connectivity index (χ0v) is 14.6. The van der Waals surface area contributed by atoms with Gasteiger partial charge in [0.25, 0.3) is 5.91 Å². The molecule has 0 unspecified atom stereocenters. The number of carbonyl (C=O) groups is 1. The van der Waals surface area contributed by atoms with Crippen LogP contribution in [0.5, 0.6) is 5.75 Å². The lowest BCUT2D eigenvalue weighted by Gasteiger charge is -2.19. The predicted molar refractivity (Wildman–Crippen MR) is 81.7 cm³/mol. The van der Waals surface area contributed by atoms with Gasteiger partial charge < -0.3 is 10.1 Å². The van der Waals surface area contributed by atoms with Crippen molar-refractivity contribution in [3.63, 3.8) is 0 Å². The summed E-state index contributed by atoms with van der Waals surface area (Å²) in [6, 6.07) is -0.0141. The van der Waals surface area contributed by atoms with Crippen molar-refractivity contribution in [3.05, 3.63) is 29.3 Å². The van der Waals surface area contributed by atoms with E-state index in [1.54, 1.807) is 0 Å². The number of sulfone groups is 1. The number of alkyl halides is 6. The predicted octanol–water partition coefficient (Wildman–Crippen LogP) is 2.79. The van der Waals surface area contributed by atoms with Crippen LogP contribution in [0.2, 0.25) is 0 Å². The monoisotopic (exact) mass is 419 g/mol. The Labute approximate surface area is 150 Å². The second kappa shape index (κ2) is 7.21. The van der Waals surface area contributed by atoms with Gasteiger partial charge in [-0.2, -0.15) is 26.3 Å². The van der Waals surface area contributed by atoms with Gasteiger partial charge in [0.2, 0.25) is 0 Å². The summed E-state index contributed by atoms with van der Waals surface area (Å²) >= 11 is 0. The van der Waals surface area contributed by atoms with Crippen LogP contribution in [-0.4, -0.2) is 38.0 Å². The largest absolute Gasteiger partial charge is 0.481 e. The van der Waals surface area contributed by atoms with E-state index in [1.165, 1.54) is 0 Å². The van der Waals surface area contributed by atoms with E-state index in [-0.39, 0.29) is 24.0 Å². The fourth-order valence-corrected chi connectivity index (χ4v) is 4.15. The molecule has 0 saturated carbocycles. The Morgan fingerprint density at radius 3 is 2.04 bits per heavy atom. The lowest BCUT2D eigenvalue weighted by molar-refractivity contribution is -0.143. The van der Waals surface area contributed by atoms with E-state index in [0.717, 1.165) is 6.92 Å². The third-order valence-electron chi connectivity index (χ3n) is 3.82. The van der Waals surface area contributed by atoms with E-state index in [0.29, 0.717) is 12.1 Å². The molecule has 0 bridgehead atoms. The first-order valence-corrected chi connectivity index (χ1v) is 9.46. The van der Waals surface area contributed by atoms with Gasteiger partial charge in [0.15, 0.2) is 15.9 Å². The summed E-state index contributed by atoms with van der Waals surface area (Å²) in [5.74, 6) is -2.02. The maximum Gasteiger partial charge on any atom is 0.416 e. The number of ether oxygens (including phenoxy) is 1. The maximum absolute atomic E-state index is 12.8. The highest BCUT2D eigenvalue weighted by Gasteiger charge is 2.37. The van der Waals surface area contributed by atoms with Crippen LogP contribution in [0.25, 0.3) is 0 Å². The normalized spacial score (nSPS) is 20.9. The molecule has 1 amide bonds. The lowest BCUT2D eigenvalue weighted by atomic mass is 10.1. The molecule has 0 aromatic heterocycles. The Hall–Kier alpha value is -1.98. The summed E-state index contributed by atoms with van der Waals surface area (Å²) in [6.45, 7) is 1.13. The van der Waals surface area contributed by atoms with Crippen molar-refractivity contribution in [3.8, 4) is 5.75 Å². The molecule has 1 N–H and O–H groups in total. The summed E-state index contributed by atoms with van der Waals surface area (Å²) in [5, 5.41) is 2.36. The van der Waals surface area contributed by atoms with Crippen LogP contribution in [0.4, 0.5) is 26.3 Å². The zero-order valence-electron chi connectivity index (χ0n) is 13.8. The quantitative estimate of drug-likeness (QED) is 0.762. The second-order valence-corrected chi connectivity index (χ2v) is 8.34. The molecule has 2 rings (SSSR count). The lowest BCUT2D eigenvalue weighted by Crippen LogP contribution is -2.43. The fourth-order valence-electron chi connectivity index (χ4n) is 2.48. The van der Waals surface area contributed by atoms with Crippen molar-refractivity contribution < 1.29 is 44.3 Å². The molecule has 1 aromatic rings. The van der Waals surface area contributed by atoms with E-state index < -0.39 is 57.1 Å². The zero-order chi connectivity index (χ0) is 20.6. The van der Waals surface area contributed by atoms with Crippen molar-refractivity contribution in [2.24, 2.45) is 0 Å². The number of amides is 1. The Morgan fingerprint density at radius 1 is 1.11 bits per heavy atom. The summed E-state index contributed by atoms with van der Waals surface area (Å²) in [4.78, 5) is 12.0. The average Bonchev–Trinajstić information content (AvgIpc) is 2.83. The molecule has 12 heteroatoms. The van der Waals surface area contributed by atoms with Gasteiger partial charge in [-0.15, -0.1) is 0 Å². The highest BCUT2D eigenvalue weighted by molar-refractivity contribution is 7.91. The third kappa shape index (κ3) is 5.75. The van der Waals surface area contributed by atoms with Gasteiger partial charge in [0.05, 0.1) is 22.6 Å². The van der Waals surface area contributed by atoms with Crippen molar-refractivity contribution in [1.29, 1.82) is 0 Å². The highest BCUT2D eigenvalue weighted by Crippen LogP contribution is 2.38. The van der Waals surface area contributed by atoms with Crippen molar-refractivity contribution >= 4 is 15.7 Å². The summed E-state index contributed by atoms with van der Waals surface area (Å²) in [7, 11) is -3.28. The molecule has 2 atom stereocenters. The van der Waals surface area contributed by atoms with Crippen LogP contribution < -0.4 is 10.1 Å². The van der Waals surface area contributed by atoms with Crippen LogP contribution in [0.1, 0.15) is 24.5 Å². The second-order valence-electron chi connectivity index (χ2n) is 6.11. The van der Waals surface area contributed by atoms with Crippen LogP contribution in [0, 0.1) is 0 Å². The van der Waals surface area contributed by atoms with Gasteiger partial charge >= 0.3 is 12.4 Å². The summed E-state index contributed by atoms with van der Waals surface area (Å²) < 4.78 is 105. The Morgan fingerprint density at radius 2 is 1.63 bits per heavy atom. The topological polar surface area (TPSA) is 72.5 Å². The number of hydrogen-bond acceptors (Lipinski definition) is 4. The Kier molecular flexibility index (Phi) is 5.69. The molecule has 1 aromatic carbocycles. The molecule has 27 heavy (non-hydrogen) atoms. The number of nitrogens with one attached hydrogen (secondary N) is 1. The van der Waals surface area contributed by atoms with Crippen LogP contribution in [0.3, 0.4) is 0 Å².